The fourth-order valence-corrected chi connectivity index (χ4v) is 2.86. The lowest BCUT2D eigenvalue weighted by atomic mass is 10.00. The largest absolute Gasteiger partial charge is 0.497 e. The zero-order chi connectivity index (χ0) is 14.4. The zero-order valence-electron chi connectivity index (χ0n) is 12.4. The van der Waals surface area contributed by atoms with Crippen molar-refractivity contribution in [2.24, 2.45) is 5.92 Å². The Morgan fingerprint density at radius 2 is 1.75 bits per heavy atom. The van der Waals surface area contributed by atoms with Crippen molar-refractivity contribution < 1.29 is 14.6 Å². The van der Waals surface area contributed by atoms with Crippen LogP contribution in [0.15, 0.2) is 18.2 Å². The normalized spacial score (nSPS) is 16.9. The minimum Gasteiger partial charge on any atom is -0.497 e. The van der Waals surface area contributed by atoms with Crippen molar-refractivity contribution in [3.05, 3.63) is 18.2 Å². The van der Waals surface area contributed by atoms with Gasteiger partial charge >= 0.3 is 0 Å². The SMILES string of the molecule is COc1cc(NCC(O)CC2CCCC2)cc(OC)c1. The topological polar surface area (TPSA) is 50.7 Å². The number of ether oxygens (including phenoxy) is 2. The molecule has 2 rings (SSSR count). The minimum absolute atomic E-state index is 0.296. The molecule has 0 aliphatic heterocycles. The van der Waals surface area contributed by atoms with Crippen molar-refractivity contribution in [3.63, 3.8) is 0 Å². The van der Waals surface area contributed by atoms with Crippen LogP contribution < -0.4 is 14.8 Å². The summed E-state index contributed by atoms with van der Waals surface area (Å²) in [6, 6.07) is 5.65. The highest BCUT2D eigenvalue weighted by Gasteiger charge is 2.18. The summed E-state index contributed by atoms with van der Waals surface area (Å²) in [5.41, 5.74) is 0.909. The Labute approximate surface area is 121 Å². The Bertz CT molecular complexity index is 394. The van der Waals surface area contributed by atoms with Gasteiger partial charge in [0.1, 0.15) is 11.5 Å². The molecular formula is C16H25NO3. The maximum absolute atomic E-state index is 10.1. The van der Waals surface area contributed by atoms with Crippen molar-refractivity contribution in [2.75, 3.05) is 26.1 Å². The van der Waals surface area contributed by atoms with Gasteiger partial charge in [0.05, 0.1) is 20.3 Å². The number of aliphatic hydroxyl groups is 1. The molecule has 0 saturated heterocycles. The average molecular weight is 279 g/mol. The standard InChI is InChI=1S/C16H25NO3/c1-19-15-8-13(9-16(10-15)20-2)17-11-14(18)7-12-5-3-4-6-12/h8-10,12,14,17-18H,3-7,11H2,1-2H3. The Hall–Kier alpha value is -1.42. The van der Waals surface area contributed by atoms with Crippen molar-refractivity contribution in [2.45, 2.75) is 38.2 Å². The lowest BCUT2D eigenvalue weighted by Gasteiger charge is -2.17. The number of rotatable bonds is 7. The first-order chi connectivity index (χ1) is 9.71. The third-order valence-corrected chi connectivity index (χ3v) is 3.97. The maximum Gasteiger partial charge on any atom is 0.124 e. The molecule has 1 aliphatic rings. The molecule has 0 spiro atoms. The van der Waals surface area contributed by atoms with Crippen LogP contribution in [0.2, 0.25) is 0 Å². The Morgan fingerprint density at radius 3 is 2.30 bits per heavy atom. The molecule has 1 aliphatic carbocycles. The van der Waals surface area contributed by atoms with Gasteiger partial charge in [-0.3, -0.25) is 0 Å². The summed E-state index contributed by atoms with van der Waals surface area (Å²) in [5.74, 6) is 2.20. The first-order valence-corrected chi connectivity index (χ1v) is 7.36. The second kappa shape index (κ2) is 7.39. The van der Waals surface area contributed by atoms with E-state index in [1.165, 1.54) is 25.7 Å². The van der Waals surface area contributed by atoms with Gasteiger partial charge in [-0.1, -0.05) is 25.7 Å². The molecule has 2 N–H and O–H groups in total. The van der Waals surface area contributed by atoms with Crippen LogP contribution in [0.25, 0.3) is 0 Å². The molecule has 1 atom stereocenters. The smallest absolute Gasteiger partial charge is 0.124 e. The van der Waals surface area contributed by atoms with Crippen LogP contribution >= 0.6 is 0 Å². The van der Waals surface area contributed by atoms with E-state index >= 15 is 0 Å². The zero-order valence-corrected chi connectivity index (χ0v) is 12.4. The summed E-state index contributed by atoms with van der Waals surface area (Å²) >= 11 is 0. The summed E-state index contributed by atoms with van der Waals surface area (Å²) < 4.78 is 10.5. The second-order valence-corrected chi connectivity index (χ2v) is 5.52. The average Bonchev–Trinajstić information content (AvgIpc) is 2.97. The summed E-state index contributed by atoms with van der Waals surface area (Å²) in [6.45, 7) is 0.562. The van der Waals surface area contributed by atoms with Gasteiger partial charge < -0.3 is 19.9 Å². The number of hydrogen-bond acceptors (Lipinski definition) is 4. The quantitative estimate of drug-likeness (QED) is 0.805. The van der Waals surface area contributed by atoms with Gasteiger partial charge in [-0.05, 0) is 12.3 Å². The summed E-state index contributed by atoms with van der Waals surface area (Å²) in [7, 11) is 3.26. The van der Waals surface area contributed by atoms with E-state index in [-0.39, 0.29) is 6.10 Å². The third-order valence-electron chi connectivity index (χ3n) is 3.97. The molecular weight excluding hydrogens is 254 g/mol. The number of anilines is 1. The van der Waals surface area contributed by atoms with Crippen LogP contribution in [0.3, 0.4) is 0 Å². The van der Waals surface area contributed by atoms with Crippen LogP contribution in [-0.4, -0.2) is 32.0 Å². The molecule has 0 heterocycles. The first kappa shape index (κ1) is 15.0. The minimum atomic E-state index is -0.296. The van der Waals surface area contributed by atoms with E-state index in [1.54, 1.807) is 14.2 Å². The summed E-state index contributed by atoms with van der Waals surface area (Å²) in [5, 5.41) is 13.4. The Kier molecular flexibility index (Phi) is 5.53. The number of methoxy groups -OCH3 is 2. The Morgan fingerprint density at radius 1 is 1.15 bits per heavy atom. The van der Waals surface area contributed by atoms with Gasteiger partial charge in [-0.25, -0.2) is 0 Å². The summed E-state index contributed by atoms with van der Waals surface area (Å²) in [4.78, 5) is 0. The molecule has 1 saturated carbocycles. The van der Waals surface area contributed by atoms with Crippen LogP contribution in [0.5, 0.6) is 11.5 Å². The molecule has 1 fully saturated rings. The molecule has 1 aromatic rings. The van der Waals surface area contributed by atoms with E-state index in [4.69, 9.17) is 9.47 Å². The molecule has 0 radical (unpaired) electrons. The highest BCUT2D eigenvalue weighted by molar-refractivity contribution is 5.53. The molecule has 0 amide bonds. The van der Waals surface area contributed by atoms with Gasteiger partial charge in [-0.2, -0.15) is 0 Å². The van der Waals surface area contributed by atoms with Crippen LogP contribution in [0.4, 0.5) is 5.69 Å². The molecule has 112 valence electrons. The van der Waals surface area contributed by atoms with Crippen LogP contribution in [-0.2, 0) is 0 Å². The first-order valence-electron chi connectivity index (χ1n) is 7.36. The van der Waals surface area contributed by atoms with Crippen molar-refractivity contribution in [3.8, 4) is 11.5 Å². The van der Waals surface area contributed by atoms with E-state index < -0.39 is 0 Å². The number of benzene rings is 1. The van der Waals surface area contributed by atoms with Gasteiger partial charge in [0.25, 0.3) is 0 Å². The van der Waals surface area contributed by atoms with Gasteiger partial charge in [0.15, 0.2) is 0 Å². The van der Waals surface area contributed by atoms with Crippen molar-refractivity contribution in [1.29, 1.82) is 0 Å². The monoisotopic (exact) mass is 279 g/mol. The van der Waals surface area contributed by atoms with Gasteiger partial charge in [0, 0.05) is 30.4 Å². The predicted octanol–water partition coefficient (Wildman–Crippen LogP) is 3.06. The number of hydrogen-bond donors (Lipinski definition) is 2. The van der Waals surface area contributed by atoms with E-state index in [1.807, 2.05) is 18.2 Å². The van der Waals surface area contributed by atoms with Gasteiger partial charge in [0.2, 0.25) is 0 Å². The Balaban J connectivity index is 1.85. The van der Waals surface area contributed by atoms with E-state index in [9.17, 15) is 5.11 Å². The van der Waals surface area contributed by atoms with Gasteiger partial charge in [-0.15, -0.1) is 0 Å². The third kappa shape index (κ3) is 4.30. The van der Waals surface area contributed by atoms with E-state index in [0.717, 1.165) is 23.6 Å². The van der Waals surface area contributed by atoms with Crippen LogP contribution in [0, 0.1) is 5.92 Å². The van der Waals surface area contributed by atoms with Crippen molar-refractivity contribution in [1.82, 2.24) is 0 Å². The lowest BCUT2D eigenvalue weighted by Crippen LogP contribution is -2.22. The van der Waals surface area contributed by atoms with E-state index in [0.29, 0.717) is 12.5 Å². The predicted molar refractivity (Wildman–Crippen MR) is 80.6 cm³/mol. The molecule has 1 unspecified atom stereocenters. The molecule has 1 aromatic carbocycles. The second-order valence-electron chi connectivity index (χ2n) is 5.52. The fourth-order valence-electron chi connectivity index (χ4n) is 2.86. The molecule has 4 heteroatoms. The van der Waals surface area contributed by atoms with Crippen molar-refractivity contribution >= 4 is 5.69 Å². The lowest BCUT2D eigenvalue weighted by molar-refractivity contribution is 0.155. The fraction of sp³-hybridized carbons (Fsp3) is 0.625. The highest BCUT2D eigenvalue weighted by atomic mass is 16.5. The number of aliphatic hydroxyl groups excluding tert-OH is 1. The highest BCUT2D eigenvalue weighted by Crippen LogP contribution is 2.29. The maximum atomic E-state index is 10.1. The molecule has 4 nitrogen and oxygen atoms in total. The summed E-state index contributed by atoms with van der Waals surface area (Å²) in [6.07, 6.45) is 5.77. The molecule has 0 aromatic heterocycles. The molecule has 0 bridgehead atoms. The molecule has 20 heavy (non-hydrogen) atoms. The number of nitrogens with one attached hydrogen (secondary N) is 1. The van der Waals surface area contributed by atoms with Crippen LogP contribution in [0.1, 0.15) is 32.1 Å². The van der Waals surface area contributed by atoms with E-state index in [2.05, 4.69) is 5.32 Å².